The molecule has 0 saturated carbocycles. The predicted molar refractivity (Wildman–Crippen MR) is 71.2 cm³/mol. The van der Waals surface area contributed by atoms with E-state index in [1.165, 1.54) is 0 Å². The van der Waals surface area contributed by atoms with Gasteiger partial charge in [0.1, 0.15) is 11.6 Å². The number of ether oxygens (including phenoxy) is 1. The zero-order valence-corrected chi connectivity index (χ0v) is 10.7. The Labute approximate surface area is 107 Å². The molecule has 2 rings (SSSR count). The molecule has 0 spiro atoms. The molecule has 0 atom stereocenters. The fourth-order valence-electron chi connectivity index (χ4n) is 1.93. The van der Waals surface area contributed by atoms with Crippen LogP contribution in [0.4, 0.5) is 5.82 Å². The molecule has 0 unspecified atom stereocenters. The van der Waals surface area contributed by atoms with Crippen LogP contribution in [-0.4, -0.2) is 29.3 Å². The summed E-state index contributed by atoms with van der Waals surface area (Å²) in [7, 11) is 3.73. The molecule has 0 radical (unpaired) electrons. The van der Waals surface area contributed by atoms with Gasteiger partial charge in [-0.25, -0.2) is 0 Å². The summed E-state index contributed by atoms with van der Waals surface area (Å²) in [4.78, 5) is 2.17. The molecule has 5 nitrogen and oxygen atoms in total. The first-order chi connectivity index (χ1) is 8.69. The van der Waals surface area contributed by atoms with E-state index < -0.39 is 0 Å². The molecule has 18 heavy (non-hydrogen) atoms. The summed E-state index contributed by atoms with van der Waals surface area (Å²) < 4.78 is 5.33. The van der Waals surface area contributed by atoms with Crippen molar-refractivity contribution in [3.05, 3.63) is 41.6 Å². The normalized spacial score (nSPS) is 10.8. The van der Waals surface area contributed by atoms with Gasteiger partial charge in [0.25, 0.3) is 0 Å². The number of benzene rings is 1. The van der Waals surface area contributed by atoms with Gasteiger partial charge in [-0.2, -0.15) is 5.10 Å². The number of aromatic amines is 1. The molecule has 1 aromatic carbocycles. The monoisotopic (exact) mass is 246 g/mol. The van der Waals surface area contributed by atoms with Gasteiger partial charge in [-0.3, -0.25) is 10.00 Å². The maximum Gasteiger partial charge on any atom is 0.145 e. The van der Waals surface area contributed by atoms with Crippen molar-refractivity contribution in [2.45, 2.75) is 13.1 Å². The standard InChI is InChI=1S/C13H18N4O/c1-17(9-11-7-13(14)16-15-11)8-10-5-3-4-6-12(10)18-2/h3-7H,8-9H2,1-2H3,(H3,14,15,16). The first-order valence-electron chi connectivity index (χ1n) is 5.79. The molecule has 96 valence electrons. The molecule has 1 aromatic heterocycles. The third-order valence-electron chi connectivity index (χ3n) is 2.72. The first-order valence-corrected chi connectivity index (χ1v) is 5.79. The topological polar surface area (TPSA) is 67.2 Å². The lowest BCUT2D eigenvalue weighted by Gasteiger charge is -2.17. The van der Waals surface area contributed by atoms with Crippen LogP contribution in [0.15, 0.2) is 30.3 Å². The number of rotatable bonds is 5. The summed E-state index contributed by atoms with van der Waals surface area (Å²) in [5.74, 6) is 1.43. The SMILES string of the molecule is COc1ccccc1CN(C)Cc1cc(N)n[nH]1. The average Bonchev–Trinajstić information content (AvgIpc) is 2.75. The van der Waals surface area contributed by atoms with Crippen LogP contribution in [0.5, 0.6) is 5.75 Å². The Bertz CT molecular complexity index is 509. The number of hydrogen-bond acceptors (Lipinski definition) is 4. The minimum Gasteiger partial charge on any atom is -0.496 e. The molecule has 5 heteroatoms. The first kappa shape index (κ1) is 12.4. The molecule has 2 aromatic rings. The van der Waals surface area contributed by atoms with Gasteiger partial charge >= 0.3 is 0 Å². The van der Waals surface area contributed by atoms with Gasteiger partial charge in [0.2, 0.25) is 0 Å². The molecule has 0 amide bonds. The summed E-state index contributed by atoms with van der Waals surface area (Å²) in [6, 6.07) is 9.87. The fraction of sp³-hybridized carbons (Fsp3) is 0.308. The van der Waals surface area contributed by atoms with E-state index in [1.54, 1.807) is 7.11 Å². The number of aromatic nitrogens is 2. The summed E-state index contributed by atoms with van der Waals surface area (Å²) in [5.41, 5.74) is 7.74. The molecule has 0 saturated heterocycles. The van der Waals surface area contributed by atoms with Gasteiger partial charge in [-0.05, 0) is 13.1 Å². The highest BCUT2D eigenvalue weighted by Crippen LogP contribution is 2.19. The molecular weight excluding hydrogens is 228 g/mol. The molecule has 0 bridgehead atoms. The van der Waals surface area contributed by atoms with E-state index in [9.17, 15) is 0 Å². The number of hydrogen-bond donors (Lipinski definition) is 2. The summed E-state index contributed by atoms with van der Waals surface area (Å²) in [6.45, 7) is 1.57. The van der Waals surface area contributed by atoms with Gasteiger partial charge < -0.3 is 10.5 Å². The van der Waals surface area contributed by atoms with E-state index in [0.29, 0.717) is 5.82 Å². The zero-order chi connectivity index (χ0) is 13.0. The van der Waals surface area contributed by atoms with Crippen molar-refractivity contribution in [1.82, 2.24) is 15.1 Å². The summed E-state index contributed by atoms with van der Waals surface area (Å²) >= 11 is 0. The molecule has 0 aliphatic heterocycles. The maximum absolute atomic E-state index is 5.57. The fourth-order valence-corrected chi connectivity index (χ4v) is 1.93. The lowest BCUT2D eigenvalue weighted by atomic mass is 10.2. The highest BCUT2D eigenvalue weighted by atomic mass is 16.5. The van der Waals surface area contributed by atoms with E-state index in [2.05, 4.69) is 21.2 Å². The Hall–Kier alpha value is -2.01. The zero-order valence-electron chi connectivity index (χ0n) is 10.7. The predicted octanol–water partition coefficient (Wildman–Crippen LogP) is 1.63. The second kappa shape index (κ2) is 5.55. The number of anilines is 1. The van der Waals surface area contributed by atoms with E-state index in [-0.39, 0.29) is 0 Å². The number of nitrogens with one attached hydrogen (secondary N) is 1. The molecule has 0 aliphatic rings. The Balaban J connectivity index is 2.00. The van der Waals surface area contributed by atoms with E-state index in [0.717, 1.165) is 30.1 Å². The number of nitrogens with zero attached hydrogens (tertiary/aromatic N) is 2. The highest BCUT2D eigenvalue weighted by Gasteiger charge is 2.07. The lowest BCUT2D eigenvalue weighted by molar-refractivity contribution is 0.306. The van der Waals surface area contributed by atoms with Crippen LogP contribution >= 0.6 is 0 Å². The Morgan fingerprint density at radius 1 is 1.33 bits per heavy atom. The van der Waals surface area contributed by atoms with Gasteiger partial charge in [0.15, 0.2) is 0 Å². The third-order valence-corrected chi connectivity index (χ3v) is 2.72. The van der Waals surface area contributed by atoms with Crippen molar-refractivity contribution in [3.63, 3.8) is 0 Å². The number of methoxy groups -OCH3 is 1. The quantitative estimate of drug-likeness (QED) is 0.841. The Morgan fingerprint density at radius 2 is 2.11 bits per heavy atom. The van der Waals surface area contributed by atoms with Crippen LogP contribution in [0.2, 0.25) is 0 Å². The Morgan fingerprint density at radius 3 is 2.78 bits per heavy atom. The summed E-state index contributed by atoms with van der Waals surface area (Å²) in [5, 5.41) is 6.81. The van der Waals surface area contributed by atoms with Crippen LogP contribution in [0.3, 0.4) is 0 Å². The average molecular weight is 246 g/mol. The van der Waals surface area contributed by atoms with Crippen molar-refractivity contribution in [3.8, 4) is 5.75 Å². The van der Waals surface area contributed by atoms with Crippen molar-refractivity contribution < 1.29 is 4.74 Å². The van der Waals surface area contributed by atoms with Crippen LogP contribution < -0.4 is 10.5 Å². The minimum atomic E-state index is 0.524. The van der Waals surface area contributed by atoms with Gasteiger partial charge in [0.05, 0.1) is 12.8 Å². The van der Waals surface area contributed by atoms with Gasteiger partial charge in [-0.1, -0.05) is 18.2 Å². The Kier molecular flexibility index (Phi) is 3.84. The number of nitrogens with two attached hydrogens (primary N) is 1. The van der Waals surface area contributed by atoms with Crippen molar-refractivity contribution in [2.75, 3.05) is 19.9 Å². The van der Waals surface area contributed by atoms with Crippen LogP contribution in [0, 0.1) is 0 Å². The van der Waals surface area contributed by atoms with Crippen LogP contribution in [0.1, 0.15) is 11.3 Å². The van der Waals surface area contributed by atoms with Crippen molar-refractivity contribution >= 4 is 5.82 Å². The minimum absolute atomic E-state index is 0.524. The van der Waals surface area contributed by atoms with Crippen molar-refractivity contribution in [1.29, 1.82) is 0 Å². The summed E-state index contributed by atoms with van der Waals surface area (Å²) in [6.07, 6.45) is 0. The van der Waals surface area contributed by atoms with Gasteiger partial charge in [-0.15, -0.1) is 0 Å². The third kappa shape index (κ3) is 3.01. The second-order valence-electron chi connectivity index (χ2n) is 4.30. The molecule has 1 heterocycles. The van der Waals surface area contributed by atoms with Crippen LogP contribution in [-0.2, 0) is 13.1 Å². The number of para-hydroxylation sites is 1. The van der Waals surface area contributed by atoms with E-state index in [1.807, 2.05) is 31.3 Å². The molecule has 0 fully saturated rings. The number of nitrogen functional groups attached to an aromatic ring is 1. The highest BCUT2D eigenvalue weighted by molar-refractivity contribution is 5.33. The lowest BCUT2D eigenvalue weighted by Crippen LogP contribution is -2.17. The van der Waals surface area contributed by atoms with E-state index >= 15 is 0 Å². The largest absolute Gasteiger partial charge is 0.496 e. The maximum atomic E-state index is 5.57. The van der Waals surface area contributed by atoms with E-state index in [4.69, 9.17) is 10.5 Å². The smallest absolute Gasteiger partial charge is 0.145 e. The second-order valence-corrected chi connectivity index (χ2v) is 4.30. The van der Waals surface area contributed by atoms with Gasteiger partial charge in [0, 0.05) is 24.7 Å². The van der Waals surface area contributed by atoms with Crippen molar-refractivity contribution in [2.24, 2.45) is 0 Å². The van der Waals surface area contributed by atoms with Crippen LogP contribution in [0.25, 0.3) is 0 Å². The molecular formula is C13H18N4O. The number of H-pyrrole nitrogens is 1. The molecule has 3 N–H and O–H groups in total. The molecule has 0 aliphatic carbocycles.